The van der Waals surface area contributed by atoms with Gasteiger partial charge in [-0.15, -0.1) is 0 Å². The molecule has 3 rings (SSSR count). The highest BCUT2D eigenvalue weighted by molar-refractivity contribution is 7.88. The minimum absolute atomic E-state index is 0.0825. The van der Waals surface area contributed by atoms with Gasteiger partial charge in [-0.2, -0.15) is 4.31 Å². The normalized spacial score (nSPS) is 18.9. The Morgan fingerprint density at radius 3 is 2.52 bits per heavy atom. The summed E-state index contributed by atoms with van der Waals surface area (Å²) < 4.78 is 30.6. The Kier molecular flexibility index (Phi) is 9.18. The number of aliphatic hydroxyl groups excluding tert-OH is 1. The van der Waals surface area contributed by atoms with E-state index in [1.54, 1.807) is 0 Å². The second-order valence-electron chi connectivity index (χ2n) is 9.88. The summed E-state index contributed by atoms with van der Waals surface area (Å²) in [6.45, 7) is 6.43. The molecule has 1 aromatic carbocycles. The van der Waals surface area contributed by atoms with E-state index in [-0.39, 0.29) is 18.8 Å². The molecule has 8 heteroatoms. The molecule has 0 bridgehead atoms. The van der Waals surface area contributed by atoms with Gasteiger partial charge in [0.1, 0.15) is 0 Å². The van der Waals surface area contributed by atoms with Gasteiger partial charge in [0, 0.05) is 32.8 Å². The van der Waals surface area contributed by atoms with Crippen LogP contribution in [0.25, 0.3) is 0 Å². The monoisotopic (exact) mass is 480 g/mol. The first-order valence-corrected chi connectivity index (χ1v) is 14.2. The van der Waals surface area contributed by atoms with Crippen molar-refractivity contribution < 1.29 is 23.1 Å². The molecule has 1 aromatic rings. The van der Waals surface area contributed by atoms with Gasteiger partial charge in [-0.1, -0.05) is 31.0 Å². The molecule has 1 N–H and O–H groups in total. The first-order chi connectivity index (χ1) is 15.7. The lowest BCUT2D eigenvalue weighted by Gasteiger charge is -2.32. The number of piperidine rings is 1. The van der Waals surface area contributed by atoms with E-state index < -0.39 is 10.0 Å². The van der Waals surface area contributed by atoms with Crippen LogP contribution in [0.5, 0.6) is 0 Å². The Balaban J connectivity index is 1.50. The van der Waals surface area contributed by atoms with Gasteiger partial charge >= 0.3 is 6.09 Å². The van der Waals surface area contributed by atoms with Gasteiger partial charge < -0.3 is 14.7 Å². The molecule has 33 heavy (non-hydrogen) atoms. The fraction of sp³-hybridized carbons (Fsp3) is 0.720. The van der Waals surface area contributed by atoms with E-state index in [4.69, 9.17) is 4.74 Å². The van der Waals surface area contributed by atoms with E-state index in [9.17, 15) is 18.3 Å². The number of nitrogens with zero attached hydrogens (tertiary/aromatic N) is 2. The highest BCUT2D eigenvalue weighted by atomic mass is 32.2. The molecular formula is C25H40N2O5S. The number of hydrogen-bond acceptors (Lipinski definition) is 5. The highest BCUT2D eigenvalue weighted by Crippen LogP contribution is 2.32. The van der Waals surface area contributed by atoms with Crippen LogP contribution < -0.4 is 0 Å². The summed E-state index contributed by atoms with van der Waals surface area (Å²) in [5, 5.41) is 9.63. The van der Waals surface area contributed by atoms with Gasteiger partial charge in [0.05, 0.1) is 12.4 Å². The zero-order chi connectivity index (χ0) is 24.0. The van der Waals surface area contributed by atoms with Crippen LogP contribution in [0, 0.1) is 5.92 Å². The third kappa shape index (κ3) is 7.42. The predicted molar refractivity (Wildman–Crippen MR) is 130 cm³/mol. The van der Waals surface area contributed by atoms with Gasteiger partial charge in [-0.05, 0) is 74.5 Å². The van der Waals surface area contributed by atoms with Crippen molar-refractivity contribution in [1.29, 1.82) is 0 Å². The summed E-state index contributed by atoms with van der Waals surface area (Å²) in [5.74, 6) is 0.947. The first kappa shape index (κ1) is 26.0. The van der Waals surface area contributed by atoms with Crippen molar-refractivity contribution in [2.45, 2.75) is 77.4 Å². The Morgan fingerprint density at radius 1 is 1.15 bits per heavy atom. The molecule has 1 atom stereocenters. The van der Waals surface area contributed by atoms with Crippen LogP contribution in [-0.4, -0.2) is 67.4 Å². The Bertz CT molecular complexity index is 894. The van der Waals surface area contributed by atoms with Crippen LogP contribution >= 0.6 is 0 Å². The number of aliphatic hydroxyl groups is 1. The minimum atomic E-state index is -3.17. The number of hydrogen-bond donors (Lipinski definition) is 1. The molecule has 0 radical (unpaired) electrons. The molecule has 2 heterocycles. The molecule has 2 aliphatic heterocycles. The van der Waals surface area contributed by atoms with Crippen molar-refractivity contribution in [3.63, 3.8) is 0 Å². The van der Waals surface area contributed by atoms with E-state index in [0.29, 0.717) is 24.9 Å². The average molecular weight is 481 g/mol. The molecular weight excluding hydrogens is 440 g/mol. The molecule has 186 valence electrons. The molecule has 2 aliphatic rings. The smallest absolute Gasteiger partial charge is 0.410 e. The quantitative estimate of drug-likeness (QED) is 0.579. The lowest BCUT2D eigenvalue weighted by molar-refractivity contribution is 0.0646. The summed E-state index contributed by atoms with van der Waals surface area (Å²) in [4.78, 5) is 13.9. The minimum Gasteiger partial charge on any atom is -0.447 e. The third-order valence-electron chi connectivity index (χ3n) is 7.00. The van der Waals surface area contributed by atoms with Crippen molar-refractivity contribution >= 4 is 16.1 Å². The number of amides is 1. The summed E-state index contributed by atoms with van der Waals surface area (Å²) in [7, 11) is -3.17. The molecule has 0 aromatic heterocycles. The number of carbonyl (C=O) groups is 1. The molecule has 0 saturated carbocycles. The molecule has 7 nitrogen and oxygen atoms in total. The third-order valence-corrected chi connectivity index (χ3v) is 8.25. The fourth-order valence-electron chi connectivity index (χ4n) is 5.05. The van der Waals surface area contributed by atoms with Gasteiger partial charge in [-0.3, -0.25) is 0 Å². The number of benzene rings is 1. The van der Waals surface area contributed by atoms with Crippen LogP contribution in [0.4, 0.5) is 4.79 Å². The number of carbonyl (C=O) groups excluding carboxylic acids is 1. The molecule has 1 unspecified atom stereocenters. The highest BCUT2D eigenvalue weighted by Gasteiger charge is 2.26. The number of sulfonamides is 1. The largest absolute Gasteiger partial charge is 0.447 e. The van der Waals surface area contributed by atoms with Gasteiger partial charge in [-0.25, -0.2) is 13.2 Å². The van der Waals surface area contributed by atoms with Crippen molar-refractivity contribution in [2.75, 3.05) is 32.5 Å². The van der Waals surface area contributed by atoms with Gasteiger partial charge in [0.2, 0.25) is 10.0 Å². The average Bonchev–Trinajstić information content (AvgIpc) is 2.77. The fourth-order valence-corrected chi connectivity index (χ4v) is 5.85. The number of rotatable bonds is 9. The van der Waals surface area contributed by atoms with Gasteiger partial charge in [0.15, 0.2) is 0 Å². The predicted octanol–water partition coefficient (Wildman–Crippen LogP) is 3.90. The lowest BCUT2D eigenvalue weighted by atomic mass is 9.85. The lowest BCUT2D eigenvalue weighted by Crippen LogP contribution is -2.39. The van der Waals surface area contributed by atoms with Crippen molar-refractivity contribution in [1.82, 2.24) is 9.21 Å². The van der Waals surface area contributed by atoms with E-state index in [1.807, 2.05) is 18.7 Å². The molecule has 1 saturated heterocycles. The van der Waals surface area contributed by atoms with Crippen molar-refractivity contribution in [2.24, 2.45) is 5.92 Å². The summed E-state index contributed by atoms with van der Waals surface area (Å²) >= 11 is 0. The summed E-state index contributed by atoms with van der Waals surface area (Å²) in [6, 6.07) is 6.41. The Morgan fingerprint density at radius 2 is 1.88 bits per heavy atom. The van der Waals surface area contributed by atoms with Crippen molar-refractivity contribution in [3.8, 4) is 0 Å². The number of ether oxygens (including phenoxy) is 1. The maximum Gasteiger partial charge on any atom is 0.410 e. The van der Waals surface area contributed by atoms with Crippen LogP contribution in [-0.2, 0) is 27.7 Å². The van der Waals surface area contributed by atoms with E-state index in [0.717, 1.165) is 63.6 Å². The Hall–Kier alpha value is -1.64. The van der Waals surface area contributed by atoms with E-state index >= 15 is 0 Å². The van der Waals surface area contributed by atoms with Crippen LogP contribution in [0.15, 0.2) is 18.2 Å². The number of likely N-dealkylation sites (tertiary alicyclic amines) is 1. The molecule has 0 spiro atoms. The van der Waals surface area contributed by atoms with Crippen molar-refractivity contribution in [3.05, 3.63) is 34.9 Å². The van der Waals surface area contributed by atoms with Crippen LogP contribution in [0.1, 0.15) is 75.0 Å². The zero-order valence-corrected chi connectivity index (χ0v) is 21.1. The second kappa shape index (κ2) is 11.7. The topological polar surface area (TPSA) is 87.2 Å². The zero-order valence-electron chi connectivity index (χ0n) is 20.3. The standard InChI is InChI=1S/C25H40N2O5S/c1-19(2)32-25(29)26-13-9-20(10-14-26)5-4-6-21(12-16-28)22-7-8-24-18-27(33(3,30)31)15-11-23(24)17-22/h7-8,17,19-21,28H,4-6,9-16,18H2,1-3H3. The second-order valence-corrected chi connectivity index (χ2v) is 11.9. The van der Waals surface area contributed by atoms with E-state index in [2.05, 4.69) is 18.2 Å². The van der Waals surface area contributed by atoms with E-state index in [1.165, 1.54) is 21.7 Å². The molecule has 1 fully saturated rings. The molecule has 1 amide bonds. The van der Waals surface area contributed by atoms with Gasteiger partial charge in [0.25, 0.3) is 0 Å². The maximum absolute atomic E-state index is 12.1. The Labute approximate surface area is 199 Å². The van der Waals surface area contributed by atoms with Crippen LogP contribution in [0.2, 0.25) is 0 Å². The number of fused-ring (bicyclic) bond motifs is 1. The first-order valence-electron chi connectivity index (χ1n) is 12.3. The summed E-state index contributed by atoms with van der Waals surface area (Å²) in [6.07, 6.45) is 7.79. The molecule has 0 aliphatic carbocycles. The maximum atomic E-state index is 12.1. The SMILES string of the molecule is CC(C)OC(=O)N1CCC(CCCC(CCO)c2ccc3c(c2)CCN(S(C)(=O)=O)C3)CC1. The van der Waals surface area contributed by atoms with Crippen LogP contribution in [0.3, 0.4) is 0 Å². The summed E-state index contributed by atoms with van der Waals surface area (Å²) in [5.41, 5.74) is 3.57.